The average Bonchev–Trinajstić information content (AvgIpc) is 3.36. The van der Waals surface area contributed by atoms with E-state index >= 15 is 0 Å². The maximum atomic E-state index is 11.8. The van der Waals surface area contributed by atoms with Crippen molar-refractivity contribution in [2.24, 2.45) is 0 Å². The van der Waals surface area contributed by atoms with Gasteiger partial charge in [0.15, 0.2) is 6.61 Å². The summed E-state index contributed by atoms with van der Waals surface area (Å²) < 4.78 is 23.2. The second-order valence-corrected chi connectivity index (χ2v) is 8.95. The van der Waals surface area contributed by atoms with Gasteiger partial charge in [-0.05, 0) is 35.7 Å². The maximum Gasteiger partial charge on any atom is 0.344 e. The van der Waals surface area contributed by atoms with Gasteiger partial charge in [-0.2, -0.15) is 0 Å². The zero-order valence-corrected chi connectivity index (χ0v) is 22.1. The predicted molar refractivity (Wildman–Crippen MR) is 153 cm³/mol. The maximum absolute atomic E-state index is 11.8. The van der Waals surface area contributed by atoms with Gasteiger partial charge < -0.3 is 18.6 Å². The summed E-state index contributed by atoms with van der Waals surface area (Å²) in [5, 5.41) is 0. The number of ether oxygens (including phenoxy) is 3. The lowest BCUT2D eigenvalue weighted by Crippen LogP contribution is -2.14. The molecule has 196 valence electrons. The lowest BCUT2D eigenvalue weighted by molar-refractivity contribution is -0.145. The molecule has 0 aliphatic heterocycles. The minimum atomic E-state index is -0.398. The SMILES string of the molecule is CCOC(=O)COc1cccc(-c2ccccc2-c2oc(-c3ccccc3)c(-c3ccccc3)c2COC)c1. The third-order valence-corrected chi connectivity index (χ3v) is 6.37. The highest BCUT2D eigenvalue weighted by Crippen LogP contribution is 2.46. The van der Waals surface area contributed by atoms with Gasteiger partial charge in [-0.1, -0.05) is 97.1 Å². The minimum Gasteiger partial charge on any atom is -0.482 e. The van der Waals surface area contributed by atoms with E-state index in [1.54, 1.807) is 14.0 Å². The Morgan fingerprint density at radius 1 is 0.718 bits per heavy atom. The molecule has 0 saturated carbocycles. The fourth-order valence-electron chi connectivity index (χ4n) is 4.70. The number of benzene rings is 4. The number of rotatable bonds is 10. The molecule has 0 saturated heterocycles. The van der Waals surface area contributed by atoms with Crippen LogP contribution in [0.15, 0.2) is 114 Å². The molecule has 0 radical (unpaired) electrons. The topological polar surface area (TPSA) is 57.9 Å². The van der Waals surface area contributed by atoms with Gasteiger partial charge in [0, 0.05) is 29.4 Å². The molecule has 39 heavy (non-hydrogen) atoms. The van der Waals surface area contributed by atoms with E-state index in [0.717, 1.165) is 50.5 Å². The predicted octanol–water partition coefficient (Wildman–Crippen LogP) is 8.04. The molecule has 5 heteroatoms. The van der Waals surface area contributed by atoms with Crippen LogP contribution >= 0.6 is 0 Å². The first-order valence-electron chi connectivity index (χ1n) is 12.9. The molecule has 0 unspecified atom stereocenters. The van der Waals surface area contributed by atoms with Crippen LogP contribution in [0.4, 0.5) is 0 Å². The number of carbonyl (C=O) groups is 1. The molecule has 1 aromatic heterocycles. The summed E-state index contributed by atoms with van der Waals surface area (Å²) in [6.07, 6.45) is 0. The Morgan fingerprint density at radius 3 is 2.05 bits per heavy atom. The summed E-state index contributed by atoms with van der Waals surface area (Å²) >= 11 is 0. The van der Waals surface area contributed by atoms with Crippen molar-refractivity contribution in [3.63, 3.8) is 0 Å². The minimum absolute atomic E-state index is 0.143. The number of hydrogen-bond acceptors (Lipinski definition) is 5. The lowest BCUT2D eigenvalue weighted by Gasteiger charge is -2.12. The molecule has 0 fully saturated rings. The number of hydrogen-bond donors (Lipinski definition) is 0. The number of methoxy groups -OCH3 is 1. The fraction of sp³-hybridized carbons (Fsp3) is 0.147. The smallest absolute Gasteiger partial charge is 0.344 e. The molecule has 5 aromatic rings. The van der Waals surface area contributed by atoms with Crippen LogP contribution in [0.5, 0.6) is 5.75 Å². The fourth-order valence-corrected chi connectivity index (χ4v) is 4.70. The first-order chi connectivity index (χ1) is 19.2. The quantitative estimate of drug-likeness (QED) is 0.175. The van der Waals surface area contributed by atoms with E-state index in [4.69, 9.17) is 18.6 Å². The third-order valence-electron chi connectivity index (χ3n) is 6.37. The number of esters is 1. The normalized spacial score (nSPS) is 10.8. The van der Waals surface area contributed by atoms with Gasteiger partial charge >= 0.3 is 5.97 Å². The van der Waals surface area contributed by atoms with E-state index in [-0.39, 0.29) is 6.61 Å². The third kappa shape index (κ3) is 5.79. The first-order valence-corrected chi connectivity index (χ1v) is 12.9. The Kier molecular flexibility index (Phi) is 8.20. The molecule has 0 spiro atoms. The molecule has 0 N–H and O–H groups in total. The molecule has 0 aliphatic rings. The van der Waals surface area contributed by atoms with Crippen molar-refractivity contribution < 1.29 is 23.4 Å². The highest BCUT2D eigenvalue weighted by molar-refractivity contribution is 5.91. The molecule has 0 amide bonds. The second kappa shape index (κ2) is 12.3. The Balaban J connectivity index is 1.65. The van der Waals surface area contributed by atoms with Gasteiger partial charge in [-0.25, -0.2) is 4.79 Å². The van der Waals surface area contributed by atoms with Crippen molar-refractivity contribution in [2.75, 3.05) is 20.3 Å². The van der Waals surface area contributed by atoms with Crippen LogP contribution in [0.3, 0.4) is 0 Å². The van der Waals surface area contributed by atoms with E-state index in [1.165, 1.54) is 0 Å². The average molecular weight is 519 g/mol. The largest absolute Gasteiger partial charge is 0.482 e. The zero-order valence-electron chi connectivity index (χ0n) is 22.1. The van der Waals surface area contributed by atoms with Gasteiger partial charge in [-0.15, -0.1) is 0 Å². The molecular weight excluding hydrogens is 488 g/mol. The standard InChI is InChI=1S/C34H30O5/c1-3-37-31(35)23-38-27-18-12-17-26(21-27)28-19-10-11-20-29(28)34-30(22-36-2)32(24-13-6-4-7-14-24)33(39-34)25-15-8-5-9-16-25/h4-21H,3,22-23H2,1-2H3. The van der Waals surface area contributed by atoms with Gasteiger partial charge in [0.2, 0.25) is 0 Å². The second-order valence-electron chi connectivity index (χ2n) is 8.95. The Bertz CT molecular complexity index is 1540. The Morgan fingerprint density at radius 2 is 1.36 bits per heavy atom. The van der Waals surface area contributed by atoms with Crippen molar-refractivity contribution in [1.82, 2.24) is 0 Å². The summed E-state index contributed by atoms with van der Waals surface area (Å²) in [5.74, 6) is 1.74. The van der Waals surface area contributed by atoms with Crippen LogP contribution in [0, 0.1) is 0 Å². The molecule has 5 rings (SSSR count). The van der Waals surface area contributed by atoms with E-state index in [1.807, 2.05) is 72.8 Å². The van der Waals surface area contributed by atoms with E-state index in [9.17, 15) is 4.79 Å². The summed E-state index contributed by atoms with van der Waals surface area (Å²) in [4.78, 5) is 11.8. The van der Waals surface area contributed by atoms with Crippen LogP contribution in [-0.4, -0.2) is 26.3 Å². The van der Waals surface area contributed by atoms with Crippen molar-refractivity contribution in [3.8, 4) is 50.7 Å². The van der Waals surface area contributed by atoms with E-state index in [0.29, 0.717) is 19.0 Å². The monoisotopic (exact) mass is 518 g/mol. The van der Waals surface area contributed by atoms with E-state index < -0.39 is 5.97 Å². The Labute approximate surface area is 228 Å². The molecule has 1 heterocycles. The van der Waals surface area contributed by atoms with Crippen molar-refractivity contribution in [1.29, 1.82) is 0 Å². The summed E-state index contributed by atoms with van der Waals surface area (Å²) in [6.45, 7) is 2.33. The van der Waals surface area contributed by atoms with Crippen LogP contribution in [0.25, 0.3) is 44.9 Å². The van der Waals surface area contributed by atoms with Gasteiger partial charge in [-0.3, -0.25) is 0 Å². The molecule has 5 nitrogen and oxygen atoms in total. The van der Waals surface area contributed by atoms with Crippen molar-refractivity contribution in [2.45, 2.75) is 13.5 Å². The molecule has 0 aliphatic carbocycles. The highest BCUT2D eigenvalue weighted by Gasteiger charge is 2.25. The lowest BCUT2D eigenvalue weighted by atomic mass is 9.93. The Hall–Kier alpha value is -4.61. The van der Waals surface area contributed by atoms with Crippen molar-refractivity contribution in [3.05, 3.63) is 115 Å². The van der Waals surface area contributed by atoms with Crippen LogP contribution < -0.4 is 4.74 Å². The van der Waals surface area contributed by atoms with Crippen LogP contribution in [0.2, 0.25) is 0 Å². The van der Waals surface area contributed by atoms with E-state index in [2.05, 4.69) is 36.4 Å². The highest BCUT2D eigenvalue weighted by atomic mass is 16.6. The molecule has 4 aromatic carbocycles. The van der Waals surface area contributed by atoms with Crippen LogP contribution in [0.1, 0.15) is 12.5 Å². The summed E-state index contributed by atoms with van der Waals surface area (Å²) in [5.41, 5.74) is 6.90. The number of furan rings is 1. The molecule has 0 bridgehead atoms. The van der Waals surface area contributed by atoms with Gasteiger partial charge in [0.25, 0.3) is 0 Å². The van der Waals surface area contributed by atoms with Gasteiger partial charge in [0.05, 0.1) is 13.2 Å². The number of carbonyl (C=O) groups excluding carboxylic acids is 1. The first kappa shape index (κ1) is 26.0. The molecule has 0 atom stereocenters. The summed E-state index contributed by atoms with van der Waals surface area (Å²) in [7, 11) is 1.70. The summed E-state index contributed by atoms with van der Waals surface area (Å²) in [6, 6.07) is 36.2. The van der Waals surface area contributed by atoms with Crippen LogP contribution in [-0.2, 0) is 20.9 Å². The zero-order chi connectivity index (χ0) is 27.0. The molecular formula is C34H30O5. The van der Waals surface area contributed by atoms with Crippen molar-refractivity contribution >= 4 is 5.97 Å². The van der Waals surface area contributed by atoms with Gasteiger partial charge in [0.1, 0.15) is 17.3 Å².